The number of fused-ring (bicyclic) bond motifs is 1. The molecule has 0 spiro atoms. The van der Waals surface area contributed by atoms with Crippen LogP contribution in [0.2, 0.25) is 0 Å². The first-order valence-corrected chi connectivity index (χ1v) is 31.3. The lowest BCUT2D eigenvalue weighted by molar-refractivity contribution is -0.148. The van der Waals surface area contributed by atoms with Crippen LogP contribution in [0.15, 0.2) is 85.1 Å². The number of phenolic OH excluding ortho intramolecular Hbond substituents is 1. The number of rotatable bonds is 27. The number of nitrogens with two attached hydrogens (primary N) is 1. The number of H-pyrrole nitrogens is 1. The second-order valence-corrected chi connectivity index (χ2v) is 24.4. The monoisotopic (exact) mass is 1220 g/mol. The van der Waals surface area contributed by atoms with E-state index in [-0.39, 0.29) is 87.4 Å². The van der Waals surface area contributed by atoms with Crippen LogP contribution in [0, 0.1) is 36.0 Å². The highest BCUT2D eigenvalue weighted by Gasteiger charge is 2.38. The lowest BCUT2D eigenvalue weighted by atomic mass is 9.87. The van der Waals surface area contributed by atoms with E-state index in [0.29, 0.717) is 29.5 Å². The number of phenols is 1. The Bertz CT molecular complexity index is 3050. The van der Waals surface area contributed by atoms with Gasteiger partial charge in [-0.25, -0.2) is 0 Å². The maximum Gasteiger partial charge on any atom is 0.309 e. The van der Waals surface area contributed by atoms with Crippen molar-refractivity contribution in [3.63, 3.8) is 0 Å². The largest absolute Gasteiger partial charge is 0.508 e. The molecule has 23 heteroatoms. The number of aliphatic carboxylic acids is 1. The Hall–Kier alpha value is -7.49. The standard InChI is InChI=1S/C63H78N6O15S2/c1-4-44(72)15-12-16-45(73)24-25-59(79)66-52(27-39-13-6-5-7-14-39)56(76)31-43-35-85-86-36-54(58(78)33-49(38(3)71)63(83)84)69-62(82)48(37(2)70)32-57(77)51(19-10-11-26-64)67-60(80)41(29-42-34-65-50-18-9-8-17-47(42)50)30-55(75)53(68-61(43)81)28-40-20-22-46(74)23-21-40/h1,5-9,13-14,17-18,20-23,34,37-38,41,43,48-49,51-54,65,70-71,74H,10-12,15-16,19,24-33,35-36,64H2,2-3H3,(H,66,79)(H,67,80)(H,68,81)(H,69,82)(H,83,84)/t37-,38-,41+,43+,48+,49+,51+,52-,53+,54+/m1/s1. The van der Waals surface area contributed by atoms with E-state index in [4.69, 9.17) is 12.2 Å². The summed E-state index contributed by atoms with van der Waals surface area (Å²) in [5.41, 5.74) is 8.36. The Labute approximate surface area is 507 Å². The van der Waals surface area contributed by atoms with Crippen LogP contribution in [-0.4, -0.2) is 144 Å². The maximum absolute atomic E-state index is 15.1. The fraction of sp³-hybridized carbons (Fsp3) is 0.476. The van der Waals surface area contributed by atoms with Crippen molar-refractivity contribution < 1.29 is 73.2 Å². The SMILES string of the molecule is C#CC(=O)CCCC(=O)CCC(=O)N[C@H](Cc1ccccc1)C(=O)C[C@H]1CSSC[C@@H](C(=O)C[C@H](C(=O)O)[C@@H](C)O)NC(=O)[C@H]([C@@H](C)O)CC(=O)[C@H](CCCCN)NC(=O)[C@@H](Cc2c[nH]c3ccccc23)CC(=O)[C@H](Cc2ccc(O)cc2)NC1=O. The summed E-state index contributed by atoms with van der Waals surface area (Å²) in [5.74, 6) is -12.3. The Kier molecular flexibility index (Phi) is 28.4. The highest BCUT2D eigenvalue weighted by molar-refractivity contribution is 8.76. The van der Waals surface area contributed by atoms with E-state index in [0.717, 1.165) is 32.5 Å². The molecule has 11 N–H and O–H groups in total. The number of aromatic hydroxyl groups is 1. The lowest BCUT2D eigenvalue weighted by Crippen LogP contribution is -2.51. The number of terminal acetylenes is 1. The van der Waals surface area contributed by atoms with Gasteiger partial charge in [-0.15, -0.1) is 6.42 Å². The molecule has 1 aliphatic rings. The smallest absolute Gasteiger partial charge is 0.309 e. The van der Waals surface area contributed by atoms with Gasteiger partial charge in [-0.1, -0.05) is 82.3 Å². The second kappa shape index (κ2) is 35.2. The van der Waals surface area contributed by atoms with Gasteiger partial charge >= 0.3 is 5.97 Å². The van der Waals surface area contributed by atoms with Crippen LogP contribution < -0.4 is 27.0 Å². The fourth-order valence-corrected chi connectivity index (χ4v) is 12.5. The van der Waals surface area contributed by atoms with Crippen molar-refractivity contribution in [2.24, 2.45) is 29.4 Å². The molecule has 1 aliphatic heterocycles. The third-order valence-corrected chi connectivity index (χ3v) is 17.6. The fourth-order valence-electron chi connectivity index (χ4n) is 9.98. The molecule has 5 rings (SSSR count). The number of aromatic amines is 1. The van der Waals surface area contributed by atoms with Gasteiger partial charge in [0.2, 0.25) is 29.4 Å². The number of aliphatic hydroxyl groups excluding tert-OH is 2. The molecule has 2 heterocycles. The molecule has 1 aromatic heterocycles. The van der Waals surface area contributed by atoms with Gasteiger partial charge in [0.25, 0.3) is 0 Å². The van der Waals surface area contributed by atoms with Crippen LogP contribution in [0.5, 0.6) is 5.75 Å². The summed E-state index contributed by atoms with van der Waals surface area (Å²) in [6, 6.07) is 16.5. The molecule has 10 atom stereocenters. The number of unbranched alkanes of at least 4 members (excludes halogenated alkanes) is 1. The number of carbonyl (C=O) groups excluding carboxylic acids is 10. The van der Waals surface area contributed by atoms with Gasteiger partial charge in [-0.2, -0.15) is 0 Å². The van der Waals surface area contributed by atoms with Gasteiger partial charge < -0.3 is 52.4 Å². The third kappa shape index (κ3) is 22.4. The zero-order valence-corrected chi connectivity index (χ0v) is 50.0. The van der Waals surface area contributed by atoms with Crippen LogP contribution in [0.3, 0.4) is 0 Å². The van der Waals surface area contributed by atoms with Crippen LogP contribution in [0.1, 0.15) is 108 Å². The number of carboxylic acid groups (broad SMARTS) is 1. The van der Waals surface area contributed by atoms with Crippen LogP contribution in [0.25, 0.3) is 10.9 Å². The molecule has 0 bridgehead atoms. The van der Waals surface area contributed by atoms with Gasteiger partial charge in [0, 0.05) is 85.9 Å². The first kappa shape index (κ1) is 69.3. The summed E-state index contributed by atoms with van der Waals surface area (Å²) in [7, 11) is 1.94. The summed E-state index contributed by atoms with van der Waals surface area (Å²) >= 11 is 0. The first-order chi connectivity index (χ1) is 41.1. The lowest BCUT2D eigenvalue weighted by Gasteiger charge is -2.28. The Balaban J connectivity index is 1.59. The van der Waals surface area contributed by atoms with Gasteiger partial charge in [-0.05, 0) is 106 Å². The normalized spacial score (nSPS) is 20.9. The van der Waals surface area contributed by atoms with Crippen LogP contribution >= 0.6 is 21.6 Å². The van der Waals surface area contributed by atoms with E-state index in [1.54, 1.807) is 54.7 Å². The summed E-state index contributed by atoms with van der Waals surface area (Å²) in [6.07, 6.45) is 1.70. The second-order valence-electron chi connectivity index (χ2n) is 21.8. The third-order valence-electron chi connectivity index (χ3n) is 15.1. The number of hydrogen-bond donors (Lipinski definition) is 10. The molecule has 0 saturated carbocycles. The number of nitrogens with one attached hydrogen (secondary N) is 5. The molecule has 4 aromatic rings. The van der Waals surface area contributed by atoms with E-state index < -0.39 is 144 Å². The number of aliphatic hydroxyl groups is 2. The van der Waals surface area contributed by atoms with Crippen molar-refractivity contribution in [2.75, 3.05) is 18.1 Å². The number of Topliss-reactive ketones (excluding diaryl/α,β-unsaturated/α-hetero) is 6. The van der Waals surface area contributed by atoms with E-state index in [1.807, 2.05) is 24.1 Å². The quantitative estimate of drug-likeness (QED) is 0.0173. The highest BCUT2D eigenvalue weighted by atomic mass is 33.1. The molecule has 1 fully saturated rings. The zero-order valence-electron chi connectivity index (χ0n) is 48.3. The molecule has 21 nitrogen and oxygen atoms in total. The first-order valence-electron chi connectivity index (χ1n) is 28.8. The predicted molar refractivity (Wildman–Crippen MR) is 325 cm³/mol. The van der Waals surface area contributed by atoms with E-state index >= 15 is 9.59 Å². The number of hydrogen-bond acceptors (Lipinski definition) is 17. The Morgan fingerprint density at radius 2 is 1.40 bits per heavy atom. The number of carboxylic acids is 1. The average molecular weight is 1220 g/mol. The van der Waals surface area contributed by atoms with E-state index in [2.05, 4.69) is 26.3 Å². The molecule has 0 aliphatic carbocycles. The minimum Gasteiger partial charge on any atom is -0.508 e. The topological polar surface area (TPSA) is 359 Å². The Morgan fingerprint density at radius 3 is 2.07 bits per heavy atom. The number of aromatic nitrogens is 1. The molecule has 0 unspecified atom stereocenters. The van der Waals surface area contributed by atoms with Crippen LogP contribution in [0.4, 0.5) is 0 Å². The van der Waals surface area contributed by atoms with Crippen LogP contribution in [-0.2, 0) is 72.0 Å². The van der Waals surface area contributed by atoms with Crippen molar-refractivity contribution in [1.82, 2.24) is 26.3 Å². The van der Waals surface area contributed by atoms with Crippen molar-refractivity contribution in [1.29, 1.82) is 0 Å². The number of benzene rings is 3. The molecule has 462 valence electrons. The number of amides is 4. The number of para-hydroxylation sites is 1. The van der Waals surface area contributed by atoms with Gasteiger partial charge in [0.05, 0.1) is 54.1 Å². The molecule has 86 heavy (non-hydrogen) atoms. The summed E-state index contributed by atoms with van der Waals surface area (Å²) < 4.78 is 0. The van der Waals surface area contributed by atoms with Crippen molar-refractivity contribution in [3.05, 3.63) is 102 Å². The molecule has 3 aromatic carbocycles. The van der Waals surface area contributed by atoms with Crippen molar-refractivity contribution in [3.8, 4) is 18.1 Å². The minimum atomic E-state index is -1.60. The minimum absolute atomic E-state index is 0.000514. The predicted octanol–water partition coefficient (Wildman–Crippen LogP) is 4.23. The molecular formula is C63H78N6O15S2. The van der Waals surface area contributed by atoms with E-state index in [9.17, 15) is 63.6 Å². The Morgan fingerprint density at radius 1 is 0.733 bits per heavy atom. The molecule has 0 radical (unpaired) electrons. The molecule has 4 amide bonds. The summed E-state index contributed by atoms with van der Waals surface area (Å²) in [4.78, 5) is 156. The van der Waals surface area contributed by atoms with Crippen molar-refractivity contribution in [2.45, 2.75) is 147 Å². The van der Waals surface area contributed by atoms with Gasteiger partial charge in [0.15, 0.2) is 23.1 Å². The maximum atomic E-state index is 15.1. The molecular weight excluding hydrogens is 1140 g/mol. The van der Waals surface area contributed by atoms with Crippen molar-refractivity contribution >= 4 is 96.8 Å². The average Bonchev–Trinajstić information content (AvgIpc) is 2.34. The number of carbonyl (C=O) groups is 11. The molecule has 1 saturated heterocycles. The number of ketones is 6. The highest BCUT2D eigenvalue weighted by Crippen LogP contribution is 2.30. The van der Waals surface area contributed by atoms with Gasteiger partial charge in [-0.3, -0.25) is 52.7 Å². The summed E-state index contributed by atoms with van der Waals surface area (Å²) in [6.45, 7) is 2.70. The summed E-state index contributed by atoms with van der Waals surface area (Å²) in [5, 5.41) is 53.4. The zero-order chi connectivity index (χ0) is 62.9. The van der Waals surface area contributed by atoms with E-state index in [1.165, 1.54) is 26.0 Å². The van der Waals surface area contributed by atoms with Gasteiger partial charge in [0.1, 0.15) is 11.5 Å².